The molecule has 0 radical (unpaired) electrons. The Kier molecular flexibility index (Phi) is 5.23. The highest BCUT2D eigenvalue weighted by atomic mass is 35.5. The average molecular weight is 391 g/mol. The molecule has 2 aromatic rings. The second-order valence-electron chi connectivity index (χ2n) is 6.56. The predicted octanol–water partition coefficient (Wildman–Crippen LogP) is 2.95. The maximum Gasteiger partial charge on any atom is 0.339 e. The first kappa shape index (κ1) is 19.0. The van der Waals surface area contributed by atoms with E-state index in [1.807, 2.05) is 0 Å². The molecule has 0 bridgehead atoms. The average Bonchev–Trinajstić information content (AvgIpc) is 3.17. The highest BCUT2D eigenvalue weighted by molar-refractivity contribution is 6.30. The highest BCUT2D eigenvalue weighted by Crippen LogP contribution is 2.27. The summed E-state index contributed by atoms with van der Waals surface area (Å²) in [5.74, 6) is -1.16. The van der Waals surface area contributed by atoms with Gasteiger partial charge in [0.15, 0.2) is 0 Å². The lowest BCUT2D eigenvalue weighted by Crippen LogP contribution is -2.34. The fraction of sp³-hybridized carbons (Fsp3) is 0.316. The van der Waals surface area contributed by atoms with Crippen LogP contribution in [0.3, 0.4) is 0 Å². The third-order valence-electron chi connectivity index (χ3n) is 4.58. The molecule has 1 fully saturated rings. The number of amides is 2. The molecule has 1 unspecified atom stereocenters. The van der Waals surface area contributed by atoms with E-state index >= 15 is 0 Å². The van der Waals surface area contributed by atoms with Gasteiger partial charge >= 0.3 is 5.97 Å². The van der Waals surface area contributed by atoms with Crippen molar-refractivity contribution in [1.29, 1.82) is 0 Å². The zero-order valence-corrected chi connectivity index (χ0v) is 15.7. The van der Waals surface area contributed by atoms with Crippen LogP contribution in [0.2, 0.25) is 5.02 Å². The van der Waals surface area contributed by atoms with Crippen molar-refractivity contribution < 1.29 is 23.9 Å². The number of carboxylic acids is 1. The van der Waals surface area contributed by atoms with Crippen LogP contribution in [0.15, 0.2) is 34.7 Å². The minimum Gasteiger partial charge on any atom is -0.478 e. The summed E-state index contributed by atoms with van der Waals surface area (Å²) >= 11 is 5.87. The summed E-state index contributed by atoms with van der Waals surface area (Å²) in [6.45, 7) is 1.99. The van der Waals surface area contributed by atoms with Crippen LogP contribution in [-0.2, 0) is 16.1 Å². The van der Waals surface area contributed by atoms with Crippen LogP contribution >= 0.6 is 11.6 Å². The molecule has 0 aliphatic carbocycles. The standard InChI is InChI=1S/C19H19ClN2O5/c1-11-16(19(25)26)8-15(27-11)10-21(2)18(24)12-7-17(23)22(9-12)14-5-3-13(20)4-6-14/h3-6,8,12H,7,9-10H2,1-2H3,(H,25,26). The lowest BCUT2D eigenvalue weighted by molar-refractivity contribution is -0.135. The van der Waals surface area contributed by atoms with E-state index in [0.29, 0.717) is 28.8 Å². The molecule has 1 aromatic carbocycles. The number of aromatic carboxylic acids is 1. The molecule has 1 aliphatic heterocycles. The molecular formula is C19H19ClN2O5. The molecule has 1 atom stereocenters. The quantitative estimate of drug-likeness (QED) is 0.847. The first-order chi connectivity index (χ1) is 12.8. The van der Waals surface area contributed by atoms with E-state index < -0.39 is 11.9 Å². The van der Waals surface area contributed by atoms with E-state index in [-0.39, 0.29) is 30.3 Å². The molecule has 1 aliphatic rings. The Morgan fingerprint density at radius 2 is 2.00 bits per heavy atom. The second-order valence-corrected chi connectivity index (χ2v) is 7.00. The minimum absolute atomic E-state index is 0.0795. The van der Waals surface area contributed by atoms with E-state index in [4.69, 9.17) is 21.1 Å². The molecule has 3 rings (SSSR count). The fourth-order valence-corrected chi connectivity index (χ4v) is 3.33. The number of aryl methyl sites for hydroxylation is 1. The van der Waals surface area contributed by atoms with Gasteiger partial charge < -0.3 is 19.3 Å². The molecule has 1 saturated heterocycles. The molecule has 0 spiro atoms. The summed E-state index contributed by atoms with van der Waals surface area (Å²) in [6.07, 6.45) is 0.128. The van der Waals surface area contributed by atoms with E-state index in [1.165, 1.54) is 11.0 Å². The second kappa shape index (κ2) is 7.44. The van der Waals surface area contributed by atoms with Gasteiger partial charge in [-0.2, -0.15) is 0 Å². The lowest BCUT2D eigenvalue weighted by Gasteiger charge is -2.20. The first-order valence-electron chi connectivity index (χ1n) is 8.39. The molecule has 8 heteroatoms. The molecule has 1 aromatic heterocycles. The summed E-state index contributed by atoms with van der Waals surface area (Å²) in [4.78, 5) is 39.2. The topological polar surface area (TPSA) is 91.1 Å². The first-order valence-corrected chi connectivity index (χ1v) is 8.77. The SMILES string of the molecule is Cc1oc(CN(C)C(=O)C2CC(=O)N(c3ccc(Cl)cc3)C2)cc1C(=O)O. The number of anilines is 1. The molecular weight excluding hydrogens is 372 g/mol. The van der Waals surface area contributed by atoms with Crippen LogP contribution in [0, 0.1) is 12.8 Å². The minimum atomic E-state index is -1.07. The van der Waals surface area contributed by atoms with E-state index in [2.05, 4.69) is 0 Å². The van der Waals surface area contributed by atoms with E-state index in [1.54, 1.807) is 43.1 Å². The van der Waals surface area contributed by atoms with Gasteiger partial charge in [-0.05, 0) is 37.3 Å². The third kappa shape index (κ3) is 3.98. The Morgan fingerprint density at radius 1 is 1.33 bits per heavy atom. The molecule has 7 nitrogen and oxygen atoms in total. The fourth-order valence-electron chi connectivity index (χ4n) is 3.20. The van der Waals surface area contributed by atoms with E-state index in [9.17, 15) is 14.4 Å². The third-order valence-corrected chi connectivity index (χ3v) is 4.83. The van der Waals surface area contributed by atoms with Gasteiger partial charge in [-0.3, -0.25) is 9.59 Å². The number of hydrogen-bond acceptors (Lipinski definition) is 4. The van der Waals surface area contributed by atoms with Gasteiger partial charge in [-0.15, -0.1) is 0 Å². The van der Waals surface area contributed by atoms with Crippen molar-refractivity contribution in [1.82, 2.24) is 4.90 Å². The summed E-state index contributed by atoms with van der Waals surface area (Å²) in [5.41, 5.74) is 0.783. The van der Waals surface area contributed by atoms with Gasteiger partial charge in [-0.25, -0.2) is 4.79 Å². The van der Waals surface area contributed by atoms with Crippen molar-refractivity contribution in [2.75, 3.05) is 18.5 Å². The summed E-state index contributed by atoms with van der Waals surface area (Å²) < 4.78 is 5.42. The number of halogens is 1. The van der Waals surface area contributed by atoms with Crippen LogP contribution in [0.5, 0.6) is 0 Å². The number of rotatable bonds is 5. The van der Waals surface area contributed by atoms with Crippen LogP contribution in [0.1, 0.15) is 28.3 Å². The van der Waals surface area contributed by atoms with Gasteiger partial charge in [-0.1, -0.05) is 11.6 Å². The summed E-state index contributed by atoms with van der Waals surface area (Å²) in [7, 11) is 1.61. The van der Waals surface area contributed by atoms with Crippen molar-refractivity contribution in [3.8, 4) is 0 Å². The number of furan rings is 1. The number of carboxylic acid groups (broad SMARTS) is 1. The van der Waals surface area contributed by atoms with Crippen molar-refractivity contribution in [3.63, 3.8) is 0 Å². The number of carbonyl (C=O) groups excluding carboxylic acids is 2. The Balaban J connectivity index is 1.67. The van der Waals surface area contributed by atoms with Crippen molar-refractivity contribution in [3.05, 3.63) is 52.4 Å². The monoisotopic (exact) mass is 390 g/mol. The van der Waals surface area contributed by atoms with Crippen molar-refractivity contribution in [2.24, 2.45) is 5.92 Å². The number of hydrogen-bond donors (Lipinski definition) is 1. The summed E-state index contributed by atoms with van der Waals surface area (Å²) in [6, 6.07) is 8.31. The predicted molar refractivity (Wildman–Crippen MR) is 98.8 cm³/mol. The summed E-state index contributed by atoms with van der Waals surface area (Å²) in [5, 5.41) is 9.66. The van der Waals surface area contributed by atoms with Crippen LogP contribution < -0.4 is 4.90 Å². The molecule has 0 saturated carbocycles. The van der Waals surface area contributed by atoms with Crippen molar-refractivity contribution in [2.45, 2.75) is 19.9 Å². The number of nitrogens with zero attached hydrogens (tertiary/aromatic N) is 2. The Morgan fingerprint density at radius 3 is 2.59 bits per heavy atom. The molecule has 2 amide bonds. The van der Waals surface area contributed by atoms with Gasteiger partial charge in [0.1, 0.15) is 17.1 Å². The zero-order chi connectivity index (χ0) is 19.7. The normalized spacial score (nSPS) is 16.6. The van der Waals surface area contributed by atoms with Gasteiger partial charge in [0.05, 0.1) is 12.5 Å². The molecule has 2 heterocycles. The number of carbonyl (C=O) groups is 3. The molecule has 142 valence electrons. The van der Waals surface area contributed by atoms with Crippen LogP contribution in [0.4, 0.5) is 5.69 Å². The van der Waals surface area contributed by atoms with E-state index in [0.717, 1.165) is 0 Å². The maximum atomic E-state index is 12.7. The van der Waals surface area contributed by atoms with Gasteiger partial charge in [0.25, 0.3) is 0 Å². The Bertz CT molecular complexity index is 890. The molecule has 1 N–H and O–H groups in total. The lowest BCUT2D eigenvalue weighted by atomic mass is 10.1. The zero-order valence-electron chi connectivity index (χ0n) is 14.9. The largest absolute Gasteiger partial charge is 0.478 e. The Labute approximate surface area is 161 Å². The smallest absolute Gasteiger partial charge is 0.339 e. The molecule has 27 heavy (non-hydrogen) atoms. The van der Waals surface area contributed by atoms with Gasteiger partial charge in [0, 0.05) is 30.7 Å². The van der Waals surface area contributed by atoms with Gasteiger partial charge in [0.2, 0.25) is 11.8 Å². The highest BCUT2D eigenvalue weighted by Gasteiger charge is 2.36. The van der Waals surface area contributed by atoms with Crippen LogP contribution in [0.25, 0.3) is 0 Å². The van der Waals surface area contributed by atoms with Crippen molar-refractivity contribution >= 4 is 35.1 Å². The Hall–Kier alpha value is -2.80. The number of benzene rings is 1. The maximum absolute atomic E-state index is 12.7. The van der Waals surface area contributed by atoms with Crippen LogP contribution in [-0.4, -0.2) is 41.4 Å².